The van der Waals surface area contributed by atoms with Crippen molar-refractivity contribution in [2.75, 3.05) is 45.4 Å². The van der Waals surface area contributed by atoms with Gasteiger partial charge in [0.2, 0.25) is 11.8 Å². The SMILES string of the molecule is C=CSC(=C(C)C)c1ccc(CNC(=O)C(C[C@@H](O)CC)C(C)CC)cc1.CC.CC.CC.CCOCCOCCOCCSC(C)(C)C(C=O)NC(C)=O. The highest BCUT2D eigenvalue weighted by molar-refractivity contribution is 8.10. The van der Waals surface area contributed by atoms with Crippen molar-refractivity contribution in [2.45, 2.75) is 147 Å². The number of aldehydes is 1. The van der Waals surface area contributed by atoms with E-state index >= 15 is 0 Å². The molecule has 11 heteroatoms. The molecule has 0 aliphatic carbocycles. The van der Waals surface area contributed by atoms with Crippen LogP contribution in [0.1, 0.15) is 134 Å². The van der Waals surface area contributed by atoms with Gasteiger partial charge < -0.3 is 34.7 Å². The summed E-state index contributed by atoms with van der Waals surface area (Å²) in [6.07, 6.45) is 2.49. The van der Waals surface area contributed by atoms with Crippen LogP contribution < -0.4 is 10.6 Å². The van der Waals surface area contributed by atoms with Gasteiger partial charge in [0, 0.05) is 41.4 Å². The van der Waals surface area contributed by atoms with Crippen molar-refractivity contribution in [1.29, 1.82) is 0 Å². The second-order valence-corrected chi connectivity index (χ2v) is 15.2. The van der Waals surface area contributed by atoms with Crippen LogP contribution in [-0.4, -0.2) is 85.5 Å². The third-order valence-electron chi connectivity index (χ3n) is 7.90. The fourth-order valence-corrected chi connectivity index (χ4v) is 6.32. The van der Waals surface area contributed by atoms with Crippen LogP contribution in [0.25, 0.3) is 4.91 Å². The molecule has 0 bridgehead atoms. The van der Waals surface area contributed by atoms with E-state index in [1.807, 2.05) is 74.6 Å². The molecule has 3 unspecified atom stereocenters. The molecule has 1 aromatic carbocycles. The molecule has 2 amide bonds. The zero-order valence-corrected chi connectivity index (χ0v) is 39.1. The number of aliphatic hydroxyl groups is 1. The number of nitrogens with one attached hydrogen (secondary N) is 2. The highest BCUT2D eigenvalue weighted by Crippen LogP contribution is 2.31. The van der Waals surface area contributed by atoms with E-state index in [1.54, 1.807) is 23.5 Å². The summed E-state index contributed by atoms with van der Waals surface area (Å²) in [7, 11) is 0. The average molecular weight is 815 g/mol. The Morgan fingerprint density at radius 3 is 1.84 bits per heavy atom. The van der Waals surface area contributed by atoms with E-state index in [0.717, 1.165) is 24.0 Å². The lowest BCUT2D eigenvalue weighted by Crippen LogP contribution is -2.48. The first-order chi connectivity index (χ1) is 26.3. The van der Waals surface area contributed by atoms with E-state index in [9.17, 15) is 19.5 Å². The Bertz CT molecular complexity index is 1110. The number of hydrogen-bond donors (Lipinski definition) is 3. The minimum Gasteiger partial charge on any atom is -0.393 e. The maximum atomic E-state index is 12.7. The van der Waals surface area contributed by atoms with Crippen LogP contribution in [0.15, 0.2) is 41.8 Å². The van der Waals surface area contributed by atoms with Gasteiger partial charge >= 0.3 is 0 Å². The quantitative estimate of drug-likeness (QED) is 0.0654. The van der Waals surface area contributed by atoms with Crippen LogP contribution in [0, 0.1) is 11.8 Å². The Hall–Kier alpha value is -2.15. The normalized spacial score (nSPS) is 12.4. The Balaban J connectivity index is -0.000000423. The highest BCUT2D eigenvalue weighted by atomic mass is 32.2. The summed E-state index contributed by atoms with van der Waals surface area (Å²) in [6, 6.07) is 7.79. The summed E-state index contributed by atoms with van der Waals surface area (Å²) in [5.41, 5.74) is 3.49. The summed E-state index contributed by atoms with van der Waals surface area (Å²) in [5, 5.41) is 17.5. The first kappa shape index (κ1) is 59.5. The van der Waals surface area contributed by atoms with Crippen LogP contribution >= 0.6 is 23.5 Å². The number of allylic oxidation sites excluding steroid dienone is 1. The Morgan fingerprint density at radius 2 is 1.40 bits per heavy atom. The van der Waals surface area contributed by atoms with Gasteiger partial charge in [-0.25, -0.2) is 0 Å². The molecule has 9 nitrogen and oxygen atoms in total. The number of aliphatic hydroxyl groups excluding tert-OH is 1. The predicted molar refractivity (Wildman–Crippen MR) is 241 cm³/mol. The van der Waals surface area contributed by atoms with E-state index in [4.69, 9.17) is 14.2 Å². The van der Waals surface area contributed by atoms with Gasteiger partial charge in [0.05, 0.1) is 45.2 Å². The molecule has 1 rings (SSSR count). The molecule has 0 radical (unpaired) electrons. The molecule has 4 atom stereocenters. The minimum atomic E-state index is -0.503. The fourth-order valence-electron chi connectivity index (χ4n) is 4.62. The maximum absolute atomic E-state index is 12.7. The fraction of sp³-hybridized carbons (Fsp3) is 0.705. The van der Waals surface area contributed by atoms with E-state index < -0.39 is 12.1 Å². The summed E-state index contributed by atoms with van der Waals surface area (Å²) in [5.74, 6) is 0.685. The van der Waals surface area contributed by atoms with E-state index in [1.165, 1.54) is 23.0 Å². The third-order valence-corrected chi connectivity index (χ3v) is 10.3. The summed E-state index contributed by atoms with van der Waals surface area (Å²) in [6.45, 7) is 37.4. The second kappa shape index (κ2) is 40.1. The number of thioether (sulfide) groups is 2. The minimum absolute atomic E-state index is 0.0353. The smallest absolute Gasteiger partial charge is 0.223 e. The van der Waals surface area contributed by atoms with E-state index in [0.29, 0.717) is 59.0 Å². The van der Waals surface area contributed by atoms with E-state index in [-0.39, 0.29) is 28.4 Å². The monoisotopic (exact) mass is 815 g/mol. The van der Waals surface area contributed by atoms with Crippen molar-refractivity contribution < 1.29 is 33.7 Å². The molecule has 0 fully saturated rings. The number of benzene rings is 1. The molecule has 0 aliphatic heterocycles. The predicted octanol–water partition coefficient (Wildman–Crippen LogP) is 10.1. The standard InChI is InChI=1S/C23H35NO2S.C15H29NO5S.3C2H6/c1-7-17(6)21(14-20(25)8-2)23(26)24-15-18-10-12-19(13-11-18)22(16(4)5)27-9-3;1-5-19-6-7-20-8-9-21-10-11-22-15(3,4)14(12-17)16-13(2)18;3*1-2/h9-13,17,20-21,25H,3,7-8,14-15H2,1-2,4-6H3,(H,24,26);12,14H,5-11H2,1-4H3,(H,16,18);3*1-2H3/t17?,20-,21?;;;;/m0..../s1. The van der Waals surface area contributed by atoms with Crippen LogP contribution in [-0.2, 0) is 35.1 Å². The molecule has 322 valence electrons. The number of carbonyl (C=O) groups excluding carboxylic acids is 3. The summed E-state index contributed by atoms with van der Waals surface area (Å²) < 4.78 is 15.6. The summed E-state index contributed by atoms with van der Waals surface area (Å²) >= 11 is 3.23. The van der Waals surface area contributed by atoms with Crippen molar-refractivity contribution in [3.05, 3.63) is 53.0 Å². The van der Waals surface area contributed by atoms with Crippen molar-refractivity contribution >= 4 is 46.5 Å². The number of rotatable bonds is 25. The van der Waals surface area contributed by atoms with Crippen molar-refractivity contribution in [3.63, 3.8) is 0 Å². The molecule has 0 aromatic heterocycles. The molecule has 55 heavy (non-hydrogen) atoms. The molecule has 0 heterocycles. The van der Waals surface area contributed by atoms with Crippen molar-refractivity contribution in [2.24, 2.45) is 11.8 Å². The zero-order valence-electron chi connectivity index (χ0n) is 37.5. The van der Waals surface area contributed by atoms with Gasteiger partial charge in [-0.3, -0.25) is 9.59 Å². The largest absolute Gasteiger partial charge is 0.393 e. The Kier molecular flexibility index (Phi) is 43.4. The average Bonchev–Trinajstić information content (AvgIpc) is 3.19. The first-order valence-corrected chi connectivity index (χ1v) is 22.2. The highest BCUT2D eigenvalue weighted by Gasteiger charge is 2.30. The Morgan fingerprint density at radius 1 is 0.873 bits per heavy atom. The van der Waals surface area contributed by atoms with E-state index in [2.05, 4.69) is 69.2 Å². The molecular formula is C44H82N2O7S2. The summed E-state index contributed by atoms with van der Waals surface area (Å²) in [4.78, 5) is 36.0. The molecule has 3 N–H and O–H groups in total. The van der Waals surface area contributed by atoms with Gasteiger partial charge in [-0.1, -0.05) is 117 Å². The molecule has 0 aliphatic rings. The van der Waals surface area contributed by atoms with Gasteiger partial charge in [-0.15, -0.1) is 0 Å². The van der Waals surface area contributed by atoms with Crippen molar-refractivity contribution in [1.82, 2.24) is 10.6 Å². The molecule has 0 spiro atoms. The number of ether oxygens (including phenoxy) is 3. The van der Waals surface area contributed by atoms with Crippen molar-refractivity contribution in [3.8, 4) is 0 Å². The van der Waals surface area contributed by atoms with Gasteiger partial charge in [0.1, 0.15) is 6.29 Å². The second-order valence-electron chi connectivity index (χ2n) is 12.5. The zero-order chi connectivity index (χ0) is 43.2. The number of carbonyl (C=O) groups is 3. The molecule has 0 saturated heterocycles. The molecule has 1 aromatic rings. The van der Waals surface area contributed by atoms with Gasteiger partial charge in [0.25, 0.3) is 0 Å². The van der Waals surface area contributed by atoms with Crippen LogP contribution in [0.2, 0.25) is 0 Å². The van der Waals surface area contributed by atoms with Gasteiger partial charge in [-0.05, 0) is 69.9 Å². The topological polar surface area (TPSA) is 123 Å². The lowest BCUT2D eigenvalue weighted by Gasteiger charge is -2.30. The van der Waals surface area contributed by atoms with Crippen LogP contribution in [0.4, 0.5) is 0 Å². The third kappa shape index (κ3) is 30.6. The van der Waals surface area contributed by atoms with Gasteiger partial charge in [0.15, 0.2) is 0 Å². The molecule has 0 saturated carbocycles. The van der Waals surface area contributed by atoms with Gasteiger partial charge in [-0.2, -0.15) is 11.8 Å². The molecular weight excluding hydrogens is 733 g/mol. The van der Waals surface area contributed by atoms with Crippen LogP contribution in [0.5, 0.6) is 0 Å². The number of hydrogen-bond acceptors (Lipinski definition) is 9. The van der Waals surface area contributed by atoms with Crippen LogP contribution in [0.3, 0.4) is 0 Å². The lowest BCUT2D eigenvalue weighted by molar-refractivity contribution is -0.128. The lowest BCUT2D eigenvalue weighted by atomic mass is 9.85. The number of amides is 2. The Labute approximate surface area is 346 Å². The maximum Gasteiger partial charge on any atom is 0.223 e. The first-order valence-electron chi connectivity index (χ1n) is 20.4.